The summed E-state index contributed by atoms with van der Waals surface area (Å²) in [5.41, 5.74) is 1.02. The molecule has 24 heavy (non-hydrogen) atoms. The van der Waals surface area contributed by atoms with Crippen LogP contribution in [0.1, 0.15) is 31.4 Å². The Kier molecular flexibility index (Phi) is 4.81. The van der Waals surface area contributed by atoms with E-state index >= 15 is 0 Å². The summed E-state index contributed by atoms with van der Waals surface area (Å²) < 4.78 is 5.91. The predicted octanol–water partition coefficient (Wildman–Crippen LogP) is 1.63. The zero-order valence-corrected chi connectivity index (χ0v) is 14.2. The van der Waals surface area contributed by atoms with Crippen LogP contribution in [0.3, 0.4) is 0 Å². The Morgan fingerprint density at radius 3 is 3.04 bits per heavy atom. The highest BCUT2D eigenvalue weighted by Gasteiger charge is 2.43. The van der Waals surface area contributed by atoms with Crippen molar-refractivity contribution in [1.82, 2.24) is 15.2 Å². The van der Waals surface area contributed by atoms with Crippen LogP contribution in [0.2, 0.25) is 0 Å². The number of nitrogens with one attached hydrogen (secondary N) is 1. The maximum absolute atomic E-state index is 12.6. The van der Waals surface area contributed by atoms with Gasteiger partial charge in [0.15, 0.2) is 0 Å². The van der Waals surface area contributed by atoms with Gasteiger partial charge in [-0.25, -0.2) is 0 Å². The molecule has 3 atom stereocenters. The molecule has 3 fully saturated rings. The topological polar surface area (TPSA) is 54.5 Å². The molecule has 1 amide bonds. The third kappa shape index (κ3) is 3.78. The molecule has 0 unspecified atom stereocenters. The van der Waals surface area contributed by atoms with Crippen molar-refractivity contribution < 1.29 is 9.53 Å². The van der Waals surface area contributed by atoms with E-state index in [0.717, 1.165) is 50.6 Å². The van der Waals surface area contributed by atoms with E-state index in [4.69, 9.17) is 4.74 Å². The zero-order chi connectivity index (χ0) is 16.4. The highest BCUT2D eigenvalue weighted by atomic mass is 16.5. The quantitative estimate of drug-likeness (QED) is 0.862. The molecule has 0 spiro atoms. The number of hydrogen-bond donors (Lipinski definition) is 1. The maximum atomic E-state index is 12.6. The minimum Gasteiger partial charge on any atom is -0.377 e. The van der Waals surface area contributed by atoms with Crippen LogP contribution in [0.4, 0.5) is 0 Å². The van der Waals surface area contributed by atoms with Crippen molar-refractivity contribution in [2.45, 2.75) is 44.2 Å². The minimum atomic E-state index is 0.0619. The second kappa shape index (κ2) is 7.19. The Bertz CT molecular complexity index is 561. The number of piperidine rings is 1. The van der Waals surface area contributed by atoms with Gasteiger partial charge in [0.2, 0.25) is 5.91 Å². The number of carbonyl (C=O) groups excluding carboxylic acids is 1. The number of likely N-dealkylation sites (tertiary alicyclic amines) is 1. The summed E-state index contributed by atoms with van der Waals surface area (Å²) >= 11 is 0. The molecule has 0 bridgehead atoms. The van der Waals surface area contributed by atoms with Gasteiger partial charge in [0.05, 0.1) is 12.0 Å². The largest absolute Gasteiger partial charge is 0.377 e. The monoisotopic (exact) mass is 329 g/mol. The average molecular weight is 329 g/mol. The highest BCUT2D eigenvalue weighted by molar-refractivity contribution is 5.79. The Labute approximate surface area is 143 Å². The number of amides is 1. The lowest BCUT2D eigenvalue weighted by Gasteiger charge is -2.40. The predicted molar refractivity (Wildman–Crippen MR) is 91.5 cm³/mol. The number of hydrogen-bond acceptors (Lipinski definition) is 4. The molecular formula is C19H27N3O2. The van der Waals surface area contributed by atoms with Crippen molar-refractivity contribution in [3.63, 3.8) is 0 Å². The lowest BCUT2D eigenvalue weighted by atomic mass is 9.89. The molecule has 1 saturated carbocycles. The molecule has 5 nitrogen and oxygen atoms in total. The summed E-state index contributed by atoms with van der Waals surface area (Å²) in [4.78, 5) is 19.5. The van der Waals surface area contributed by atoms with Crippen LogP contribution in [0.15, 0.2) is 24.4 Å². The van der Waals surface area contributed by atoms with Crippen LogP contribution in [0.25, 0.3) is 0 Å². The average Bonchev–Trinajstić information content (AvgIpc) is 3.29. The number of aromatic nitrogens is 1. The van der Waals surface area contributed by atoms with Crippen molar-refractivity contribution in [3.05, 3.63) is 30.1 Å². The SMILES string of the molecule is O=C(NCCc1ccccn1)[C@@H]1C[C@H]2OCC[C@H]2N(CC2CC2)C1. The molecule has 2 saturated heterocycles. The van der Waals surface area contributed by atoms with Crippen LogP contribution in [-0.4, -0.2) is 54.2 Å². The van der Waals surface area contributed by atoms with Crippen molar-refractivity contribution in [3.8, 4) is 0 Å². The van der Waals surface area contributed by atoms with Gasteiger partial charge in [-0.2, -0.15) is 0 Å². The Balaban J connectivity index is 1.30. The first-order valence-corrected chi connectivity index (χ1v) is 9.33. The molecular weight excluding hydrogens is 302 g/mol. The molecule has 1 aromatic heterocycles. The summed E-state index contributed by atoms with van der Waals surface area (Å²) in [6.07, 6.45) is 7.56. The van der Waals surface area contributed by atoms with E-state index < -0.39 is 0 Å². The van der Waals surface area contributed by atoms with Gasteiger partial charge in [0.1, 0.15) is 0 Å². The van der Waals surface area contributed by atoms with Crippen molar-refractivity contribution in [1.29, 1.82) is 0 Å². The first-order valence-electron chi connectivity index (χ1n) is 9.33. The van der Waals surface area contributed by atoms with Gasteiger partial charge < -0.3 is 10.1 Å². The van der Waals surface area contributed by atoms with E-state index in [1.54, 1.807) is 6.20 Å². The summed E-state index contributed by atoms with van der Waals surface area (Å²) in [5.74, 6) is 1.10. The van der Waals surface area contributed by atoms with E-state index in [2.05, 4.69) is 15.2 Å². The number of carbonyl (C=O) groups is 1. The molecule has 1 N–H and O–H groups in total. The van der Waals surface area contributed by atoms with E-state index in [0.29, 0.717) is 12.6 Å². The van der Waals surface area contributed by atoms with Crippen LogP contribution in [-0.2, 0) is 16.0 Å². The fourth-order valence-electron chi connectivity index (χ4n) is 4.09. The van der Waals surface area contributed by atoms with Gasteiger partial charge in [0, 0.05) is 50.6 Å². The lowest BCUT2D eigenvalue weighted by molar-refractivity contribution is -0.129. The molecule has 4 rings (SSSR count). The lowest BCUT2D eigenvalue weighted by Crippen LogP contribution is -2.53. The summed E-state index contributed by atoms with van der Waals surface area (Å²) in [5, 5.41) is 3.11. The Hall–Kier alpha value is -1.46. The normalized spacial score (nSPS) is 30.1. The molecule has 130 valence electrons. The number of fused-ring (bicyclic) bond motifs is 1. The summed E-state index contributed by atoms with van der Waals surface area (Å²) in [6.45, 7) is 3.56. The number of ether oxygens (including phenoxy) is 1. The van der Waals surface area contributed by atoms with E-state index in [1.807, 2.05) is 18.2 Å². The van der Waals surface area contributed by atoms with Gasteiger partial charge in [-0.3, -0.25) is 14.7 Å². The van der Waals surface area contributed by atoms with Crippen molar-refractivity contribution >= 4 is 5.91 Å². The minimum absolute atomic E-state index is 0.0619. The molecule has 2 aliphatic heterocycles. The van der Waals surface area contributed by atoms with E-state index in [9.17, 15) is 4.79 Å². The molecule has 1 aliphatic carbocycles. The van der Waals surface area contributed by atoms with Gasteiger partial charge in [-0.15, -0.1) is 0 Å². The third-order valence-corrected chi connectivity index (χ3v) is 5.58. The second-order valence-corrected chi connectivity index (χ2v) is 7.46. The molecule has 1 aromatic rings. The van der Waals surface area contributed by atoms with E-state index in [-0.39, 0.29) is 17.9 Å². The van der Waals surface area contributed by atoms with Gasteiger partial charge in [-0.05, 0) is 43.7 Å². The van der Waals surface area contributed by atoms with Gasteiger partial charge in [-0.1, -0.05) is 6.07 Å². The number of rotatable bonds is 6. The molecule has 0 radical (unpaired) electrons. The fourth-order valence-corrected chi connectivity index (χ4v) is 4.09. The Morgan fingerprint density at radius 1 is 1.33 bits per heavy atom. The number of nitrogens with zero attached hydrogens (tertiary/aromatic N) is 2. The third-order valence-electron chi connectivity index (χ3n) is 5.58. The van der Waals surface area contributed by atoms with Crippen LogP contribution in [0.5, 0.6) is 0 Å². The highest BCUT2D eigenvalue weighted by Crippen LogP contribution is 2.36. The van der Waals surface area contributed by atoms with Gasteiger partial charge in [0.25, 0.3) is 0 Å². The molecule has 0 aromatic carbocycles. The van der Waals surface area contributed by atoms with Gasteiger partial charge >= 0.3 is 0 Å². The molecule has 3 heterocycles. The van der Waals surface area contributed by atoms with Crippen LogP contribution < -0.4 is 5.32 Å². The fraction of sp³-hybridized carbons (Fsp3) is 0.684. The second-order valence-electron chi connectivity index (χ2n) is 7.46. The standard InChI is InChI=1S/C19H27N3O2/c23-19(21-9-6-16-3-1-2-8-20-16)15-11-18-17(7-10-24-18)22(13-15)12-14-4-5-14/h1-3,8,14-15,17-18H,4-7,9-13H2,(H,21,23)/t15-,17-,18-/m1/s1. The van der Waals surface area contributed by atoms with Crippen molar-refractivity contribution in [2.75, 3.05) is 26.2 Å². The first kappa shape index (κ1) is 16.0. The summed E-state index contributed by atoms with van der Waals surface area (Å²) in [6, 6.07) is 6.44. The van der Waals surface area contributed by atoms with Crippen molar-refractivity contribution in [2.24, 2.45) is 11.8 Å². The summed E-state index contributed by atoms with van der Waals surface area (Å²) in [7, 11) is 0. The van der Waals surface area contributed by atoms with Crippen LogP contribution >= 0.6 is 0 Å². The molecule has 3 aliphatic rings. The Morgan fingerprint density at radius 2 is 2.25 bits per heavy atom. The number of pyridine rings is 1. The zero-order valence-electron chi connectivity index (χ0n) is 14.2. The molecule has 5 heteroatoms. The smallest absolute Gasteiger partial charge is 0.224 e. The van der Waals surface area contributed by atoms with Crippen LogP contribution in [0, 0.1) is 11.8 Å². The maximum Gasteiger partial charge on any atom is 0.224 e. The first-order chi connectivity index (χ1) is 11.8. The van der Waals surface area contributed by atoms with E-state index in [1.165, 1.54) is 12.8 Å².